The molecule has 0 radical (unpaired) electrons. The smallest absolute Gasteiger partial charge is 0.119 e. The summed E-state index contributed by atoms with van der Waals surface area (Å²) in [5.74, 6) is 2.38. The van der Waals surface area contributed by atoms with Gasteiger partial charge in [0.15, 0.2) is 0 Å². The van der Waals surface area contributed by atoms with Crippen LogP contribution >= 0.6 is 21.6 Å². The highest BCUT2D eigenvalue weighted by molar-refractivity contribution is 8.76. The molecule has 0 aromatic carbocycles. The zero-order chi connectivity index (χ0) is 11.9. The standard InChI is InChI=1S/C12H22O2S2/c13-9-5-1-3-7-11-15-16-12-8-4-2-6-10-14/h9-10H,1-8,11-12H2. The van der Waals surface area contributed by atoms with Crippen molar-refractivity contribution in [3.8, 4) is 0 Å². The zero-order valence-electron chi connectivity index (χ0n) is 9.86. The molecule has 0 aliphatic carbocycles. The van der Waals surface area contributed by atoms with E-state index in [1.54, 1.807) is 0 Å². The molecule has 0 aromatic heterocycles. The predicted molar refractivity (Wildman–Crippen MR) is 74.0 cm³/mol. The first-order valence-electron chi connectivity index (χ1n) is 6.03. The molecule has 0 amide bonds. The van der Waals surface area contributed by atoms with Crippen LogP contribution in [0.25, 0.3) is 0 Å². The second-order valence-corrected chi connectivity index (χ2v) is 6.38. The number of hydrogen-bond acceptors (Lipinski definition) is 4. The summed E-state index contributed by atoms with van der Waals surface area (Å²) in [6, 6.07) is 0. The van der Waals surface area contributed by atoms with Crippen LogP contribution < -0.4 is 0 Å². The monoisotopic (exact) mass is 262 g/mol. The average Bonchev–Trinajstić information content (AvgIpc) is 2.31. The second-order valence-electron chi connectivity index (χ2n) is 3.68. The summed E-state index contributed by atoms with van der Waals surface area (Å²) in [7, 11) is 3.87. The number of aldehydes is 2. The lowest BCUT2D eigenvalue weighted by atomic mass is 10.2. The molecular weight excluding hydrogens is 240 g/mol. The summed E-state index contributed by atoms with van der Waals surface area (Å²) in [6.07, 6.45) is 10.3. The van der Waals surface area contributed by atoms with Crippen LogP contribution in [0.3, 0.4) is 0 Å². The highest BCUT2D eigenvalue weighted by Gasteiger charge is 1.93. The van der Waals surface area contributed by atoms with Crippen LogP contribution in [-0.2, 0) is 9.59 Å². The molecule has 0 saturated heterocycles. The molecule has 0 N–H and O–H groups in total. The van der Waals surface area contributed by atoms with Gasteiger partial charge in [0.1, 0.15) is 12.6 Å². The van der Waals surface area contributed by atoms with Crippen molar-refractivity contribution < 1.29 is 9.59 Å². The molecule has 0 aliphatic rings. The van der Waals surface area contributed by atoms with Crippen molar-refractivity contribution in [2.75, 3.05) is 11.5 Å². The van der Waals surface area contributed by atoms with E-state index in [0.717, 1.165) is 25.4 Å². The lowest BCUT2D eigenvalue weighted by molar-refractivity contribution is -0.108. The normalized spacial score (nSPS) is 10.2. The minimum absolute atomic E-state index is 0.717. The molecule has 0 atom stereocenters. The molecule has 0 unspecified atom stereocenters. The number of carbonyl (C=O) groups excluding carboxylic acids is 2. The first kappa shape index (κ1) is 16.0. The van der Waals surface area contributed by atoms with Gasteiger partial charge in [-0.2, -0.15) is 0 Å². The third-order valence-electron chi connectivity index (χ3n) is 2.18. The maximum Gasteiger partial charge on any atom is 0.119 e. The third kappa shape index (κ3) is 14.0. The van der Waals surface area contributed by atoms with Gasteiger partial charge in [0.2, 0.25) is 0 Å². The maximum atomic E-state index is 10.1. The molecule has 0 aromatic rings. The Hall–Kier alpha value is 0.0400. The Morgan fingerprint density at radius 3 is 1.44 bits per heavy atom. The molecule has 2 nitrogen and oxygen atoms in total. The fourth-order valence-electron chi connectivity index (χ4n) is 1.25. The lowest BCUT2D eigenvalue weighted by Crippen LogP contribution is -1.83. The van der Waals surface area contributed by atoms with Crippen molar-refractivity contribution in [3.05, 3.63) is 0 Å². The van der Waals surface area contributed by atoms with Gasteiger partial charge in [-0.25, -0.2) is 0 Å². The maximum absolute atomic E-state index is 10.1. The Bertz CT molecular complexity index is 145. The first-order valence-corrected chi connectivity index (χ1v) is 8.52. The summed E-state index contributed by atoms with van der Waals surface area (Å²) < 4.78 is 0. The van der Waals surface area contributed by atoms with Gasteiger partial charge in [-0.1, -0.05) is 34.4 Å². The van der Waals surface area contributed by atoms with Crippen molar-refractivity contribution in [3.63, 3.8) is 0 Å². The molecule has 16 heavy (non-hydrogen) atoms. The van der Waals surface area contributed by atoms with Gasteiger partial charge < -0.3 is 9.59 Å². The lowest BCUT2D eigenvalue weighted by Gasteiger charge is -2.00. The number of unbranched alkanes of at least 4 members (excludes halogenated alkanes) is 6. The third-order valence-corrected chi connectivity index (χ3v) is 4.76. The summed E-state index contributed by atoms with van der Waals surface area (Å²) in [5, 5.41) is 0. The first-order chi connectivity index (χ1) is 7.91. The van der Waals surface area contributed by atoms with Gasteiger partial charge in [-0.05, 0) is 25.7 Å². The highest BCUT2D eigenvalue weighted by atomic mass is 33.1. The van der Waals surface area contributed by atoms with Crippen molar-refractivity contribution in [1.29, 1.82) is 0 Å². The quantitative estimate of drug-likeness (QED) is 0.286. The van der Waals surface area contributed by atoms with E-state index < -0.39 is 0 Å². The van der Waals surface area contributed by atoms with E-state index in [1.807, 2.05) is 21.6 Å². The fraction of sp³-hybridized carbons (Fsp3) is 0.833. The van der Waals surface area contributed by atoms with Gasteiger partial charge in [-0.15, -0.1) is 0 Å². The minimum atomic E-state index is 0.717. The molecule has 0 saturated carbocycles. The Kier molecular flexibility index (Phi) is 15.1. The van der Waals surface area contributed by atoms with E-state index in [-0.39, 0.29) is 0 Å². The largest absolute Gasteiger partial charge is 0.303 e. The Morgan fingerprint density at radius 2 is 1.06 bits per heavy atom. The van der Waals surface area contributed by atoms with Gasteiger partial charge >= 0.3 is 0 Å². The van der Waals surface area contributed by atoms with Crippen molar-refractivity contribution in [1.82, 2.24) is 0 Å². The van der Waals surface area contributed by atoms with E-state index in [0.29, 0.717) is 12.8 Å². The van der Waals surface area contributed by atoms with Crippen LogP contribution in [0.5, 0.6) is 0 Å². The highest BCUT2D eigenvalue weighted by Crippen LogP contribution is 2.24. The average molecular weight is 262 g/mol. The van der Waals surface area contributed by atoms with E-state index in [2.05, 4.69) is 0 Å². The Labute approximate surface area is 107 Å². The summed E-state index contributed by atoms with van der Waals surface area (Å²) in [6.45, 7) is 0. The fourth-order valence-corrected chi connectivity index (χ4v) is 3.54. The van der Waals surface area contributed by atoms with E-state index in [1.165, 1.54) is 37.2 Å². The summed E-state index contributed by atoms with van der Waals surface area (Å²) >= 11 is 0. The molecule has 0 heterocycles. The van der Waals surface area contributed by atoms with Crippen LogP contribution in [0, 0.1) is 0 Å². The summed E-state index contributed by atoms with van der Waals surface area (Å²) in [4.78, 5) is 20.1. The SMILES string of the molecule is O=CCCCCCSSCCCCCC=O. The zero-order valence-corrected chi connectivity index (χ0v) is 11.5. The van der Waals surface area contributed by atoms with Crippen molar-refractivity contribution in [2.45, 2.75) is 51.4 Å². The summed E-state index contributed by atoms with van der Waals surface area (Å²) in [5.41, 5.74) is 0. The molecule has 0 spiro atoms. The molecule has 4 heteroatoms. The molecule has 0 fully saturated rings. The molecule has 0 aliphatic heterocycles. The molecule has 0 bridgehead atoms. The Morgan fingerprint density at radius 1 is 0.625 bits per heavy atom. The topological polar surface area (TPSA) is 34.1 Å². The number of rotatable bonds is 13. The number of hydrogen-bond donors (Lipinski definition) is 0. The second kappa shape index (κ2) is 15.0. The van der Waals surface area contributed by atoms with Crippen LogP contribution in [-0.4, -0.2) is 24.1 Å². The van der Waals surface area contributed by atoms with Crippen molar-refractivity contribution in [2.24, 2.45) is 0 Å². The van der Waals surface area contributed by atoms with Crippen LogP contribution in [0.15, 0.2) is 0 Å². The Balaban J connectivity index is 2.87. The minimum Gasteiger partial charge on any atom is -0.303 e. The van der Waals surface area contributed by atoms with E-state index >= 15 is 0 Å². The molecule has 94 valence electrons. The predicted octanol–water partition coefficient (Wildman–Crippen LogP) is 3.89. The molecular formula is C12H22O2S2. The van der Waals surface area contributed by atoms with Crippen LogP contribution in [0.4, 0.5) is 0 Å². The van der Waals surface area contributed by atoms with Gasteiger partial charge in [0.05, 0.1) is 0 Å². The van der Waals surface area contributed by atoms with E-state index in [9.17, 15) is 9.59 Å². The van der Waals surface area contributed by atoms with Gasteiger partial charge in [0, 0.05) is 24.3 Å². The van der Waals surface area contributed by atoms with Crippen LogP contribution in [0.1, 0.15) is 51.4 Å². The van der Waals surface area contributed by atoms with Crippen LogP contribution in [0.2, 0.25) is 0 Å². The van der Waals surface area contributed by atoms with Crippen molar-refractivity contribution >= 4 is 34.2 Å². The molecule has 0 rings (SSSR count). The van der Waals surface area contributed by atoms with Gasteiger partial charge in [0.25, 0.3) is 0 Å². The van der Waals surface area contributed by atoms with Gasteiger partial charge in [-0.3, -0.25) is 0 Å². The van der Waals surface area contributed by atoms with E-state index in [4.69, 9.17) is 0 Å². The number of carbonyl (C=O) groups is 2.